The second kappa shape index (κ2) is 9.27. The molecule has 0 atom stereocenters. The van der Waals surface area contributed by atoms with Gasteiger partial charge in [-0.05, 0) is 35.2 Å². The fraction of sp³-hybridized carbons (Fsp3) is 0.333. The van der Waals surface area contributed by atoms with E-state index in [0.717, 1.165) is 22.9 Å². The molecule has 1 heterocycles. The zero-order chi connectivity index (χ0) is 24.4. The SMILES string of the molecule is COc1c(C=Cc2ccc(NS(C)(=O)=O)cc2)cc(N2CCC(=O)NC2=O)cc1C(C)(C)C. The summed E-state index contributed by atoms with van der Waals surface area (Å²) in [6, 6.07) is 10.3. The van der Waals surface area contributed by atoms with Gasteiger partial charge in [-0.2, -0.15) is 0 Å². The second-order valence-electron chi connectivity index (χ2n) is 8.95. The molecule has 2 aromatic carbocycles. The molecule has 0 spiro atoms. The smallest absolute Gasteiger partial charge is 0.328 e. The molecule has 3 amide bonds. The van der Waals surface area contributed by atoms with E-state index in [1.54, 1.807) is 36.3 Å². The Labute approximate surface area is 194 Å². The number of rotatable bonds is 6. The van der Waals surface area contributed by atoms with Crippen molar-refractivity contribution in [3.63, 3.8) is 0 Å². The van der Waals surface area contributed by atoms with Crippen LogP contribution in [0.25, 0.3) is 12.2 Å². The molecule has 1 fully saturated rings. The zero-order valence-corrected chi connectivity index (χ0v) is 20.2. The summed E-state index contributed by atoms with van der Waals surface area (Å²) >= 11 is 0. The average molecular weight is 472 g/mol. The topological polar surface area (TPSA) is 105 Å². The summed E-state index contributed by atoms with van der Waals surface area (Å²) in [6.07, 6.45) is 5.12. The minimum absolute atomic E-state index is 0.238. The molecule has 0 saturated carbocycles. The maximum Gasteiger partial charge on any atom is 0.328 e. The molecular weight excluding hydrogens is 442 g/mol. The maximum atomic E-state index is 12.4. The Hall–Kier alpha value is -3.33. The summed E-state index contributed by atoms with van der Waals surface area (Å²) in [4.78, 5) is 25.6. The quantitative estimate of drug-likeness (QED) is 0.620. The predicted molar refractivity (Wildman–Crippen MR) is 131 cm³/mol. The molecule has 33 heavy (non-hydrogen) atoms. The number of imide groups is 1. The van der Waals surface area contributed by atoms with Gasteiger partial charge in [0.25, 0.3) is 0 Å². The average Bonchev–Trinajstić information content (AvgIpc) is 2.71. The van der Waals surface area contributed by atoms with E-state index in [4.69, 9.17) is 4.74 Å². The second-order valence-corrected chi connectivity index (χ2v) is 10.7. The van der Waals surface area contributed by atoms with Gasteiger partial charge in [-0.15, -0.1) is 0 Å². The van der Waals surface area contributed by atoms with E-state index < -0.39 is 16.1 Å². The highest BCUT2D eigenvalue weighted by Crippen LogP contribution is 2.39. The number of nitrogens with zero attached hydrogens (tertiary/aromatic N) is 1. The minimum atomic E-state index is -3.34. The molecule has 1 aliphatic rings. The summed E-state index contributed by atoms with van der Waals surface area (Å²) in [5.41, 5.74) is 3.47. The van der Waals surface area contributed by atoms with Gasteiger partial charge in [0, 0.05) is 35.5 Å². The predicted octanol–water partition coefficient (Wildman–Crippen LogP) is 3.98. The monoisotopic (exact) mass is 471 g/mol. The number of hydrogen-bond donors (Lipinski definition) is 2. The van der Waals surface area contributed by atoms with E-state index in [9.17, 15) is 18.0 Å². The van der Waals surface area contributed by atoms with Crippen LogP contribution >= 0.6 is 0 Å². The zero-order valence-electron chi connectivity index (χ0n) is 19.4. The van der Waals surface area contributed by atoms with Crippen molar-refractivity contribution in [1.82, 2.24) is 5.32 Å². The number of benzene rings is 2. The first-order valence-electron chi connectivity index (χ1n) is 10.5. The van der Waals surface area contributed by atoms with E-state index in [0.29, 0.717) is 23.7 Å². The van der Waals surface area contributed by atoms with Crippen LogP contribution in [-0.2, 0) is 20.2 Å². The number of carbonyl (C=O) groups is 2. The van der Waals surface area contributed by atoms with Crippen molar-refractivity contribution in [2.24, 2.45) is 0 Å². The molecule has 0 aliphatic carbocycles. The van der Waals surface area contributed by atoms with Crippen molar-refractivity contribution >= 4 is 45.5 Å². The van der Waals surface area contributed by atoms with Crippen LogP contribution in [0.15, 0.2) is 36.4 Å². The van der Waals surface area contributed by atoms with E-state index in [1.807, 2.05) is 24.3 Å². The summed E-state index contributed by atoms with van der Waals surface area (Å²) in [6.45, 7) is 6.50. The molecule has 2 N–H and O–H groups in total. The van der Waals surface area contributed by atoms with Crippen molar-refractivity contribution in [1.29, 1.82) is 0 Å². The third-order valence-electron chi connectivity index (χ3n) is 5.15. The number of ether oxygens (including phenoxy) is 1. The third-order valence-corrected chi connectivity index (χ3v) is 5.76. The molecule has 1 saturated heterocycles. The lowest BCUT2D eigenvalue weighted by Gasteiger charge is -2.30. The van der Waals surface area contributed by atoms with Gasteiger partial charge in [0.2, 0.25) is 15.9 Å². The van der Waals surface area contributed by atoms with Gasteiger partial charge in [0.15, 0.2) is 0 Å². The van der Waals surface area contributed by atoms with Crippen LogP contribution in [0.4, 0.5) is 16.2 Å². The van der Waals surface area contributed by atoms with Crippen LogP contribution in [0, 0.1) is 0 Å². The van der Waals surface area contributed by atoms with Crippen LogP contribution in [0.2, 0.25) is 0 Å². The standard InChI is InChI=1S/C24H29N3O5S/c1-24(2,3)20-15-19(27-13-12-21(28)25-23(27)29)14-17(22(20)32-4)9-6-16-7-10-18(11-8-16)26-33(5,30)31/h6-11,14-15,26H,12-13H2,1-5H3,(H,25,28,29). The lowest BCUT2D eigenvalue weighted by Crippen LogP contribution is -2.49. The first kappa shape index (κ1) is 24.3. The largest absolute Gasteiger partial charge is 0.496 e. The first-order chi connectivity index (χ1) is 15.4. The Kier molecular flexibility index (Phi) is 6.83. The number of carbonyl (C=O) groups excluding carboxylic acids is 2. The fourth-order valence-electron chi connectivity index (χ4n) is 3.57. The van der Waals surface area contributed by atoms with Crippen molar-refractivity contribution in [2.45, 2.75) is 32.6 Å². The van der Waals surface area contributed by atoms with Crippen molar-refractivity contribution < 1.29 is 22.7 Å². The van der Waals surface area contributed by atoms with E-state index in [-0.39, 0.29) is 17.7 Å². The van der Waals surface area contributed by atoms with Crippen molar-refractivity contribution in [3.05, 3.63) is 53.1 Å². The molecule has 2 aromatic rings. The highest BCUT2D eigenvalue weighted by molar-refractivity contribution is 7.92. The first-order valence-corrected chi connectivity index (χ1v) is 12.4. The summed E-state index contributed by atoms with van der Waals surface area (Å²) in [7, 11) is -1.73. The van der Waals surface area contributed by atoms with Crippen LogP contribution in [-0.4, -0.2) is 40.3 Å². The number of anilines is 2. The van der Waals surface area contributed by atoms with Gasteiger partial charge in [0.1, 0.15) is 5.75 Å². The molecule has 1 aliphatic heterocycles. The van der Waals surface area contributed by atoms with E-state index in [2.05, 4.69) is 30.8 Å². The highest BCUT2D eigenvalue weighted by atomic mass is 32.2. The molecule has 0 bridgehead atoms. The van der Waals surface area contributed by atoms with Crippen molar-refractivity contribution in [2.75, 3.05) is 29.5 Å². The Balaban J connectivity index is 2.01. The van der Waals surface area contributed by atoms with Crippen LogP contribution in [0.5, 0.6) is 5.75 Å². The number of hydrogen-bond acceptors (Lipinski definition) is 5. The lowest BCUT2D eigenvalue weighted by atomic mass is 9.84. The Morgan fingerprint density at radius 2 is 1.76 bits per heavy atom. The van der Waals surface area contributed by atoms with Gasteiger partial charge in [-0.3, -0.25) is 19.7 Å². The third kappa shape index (κ3) is 6.13. The summed E-state index contributed by atoms with van der Waals surface area (Å²) in [5, 5.41) is 2.36. The normalized spacial score (nSPS) is 15.0. The number of amides is 3. The molecule has 0 unspecified atom stereocenters. The molecule has 8 nitrogen and oxygen atoms in total. The van der Waals surface area contributed by atoms with Gasteiger partial charge < -0.3 is 4.74 Å². The van der Waals surface area contributed by atoms with Gasteiger partial charge in [0.05, 0.1) is 13.4 Å². The molecule has 9 heteroatoms. The Morgan fingerprint density at radius 3 is 2.30 bits per heavy atom. The Bertz CT molecular complexity index is 1200. The highest BCUT2D eigenvalue weighted by Gasteiger charge is 2.28. The molecule has 0 radical (unpaired) electrons. The van der Waals surface area contributed by atoms with Gasteiger partial charge >= 0.3 is 6.03 Å². The molecule has 176 valence electrons. The number of urea groups is 1. The summed E-state index contributed by atoms with van der Waals surface area (Å²) < 4.78 is 31.0. The maximum absolute atomic E-state index is 12.4. The minimum Gasteiger partial charge on any atom is -0.496 e. The van der Waals surface area contributed by atoms with Crippen LogP contribution < -0.4 is 19.7 Å². The van der Waals surface area contributed by atoms with Gasteiger partial charge in [-0.25, -0.2) is 13.2 Å². The number of nitrogens with one attached hydrogen (secondary N) is 2. The van der Waals surface area contributed by atoms with Crippen LogP contribution in [0.3, 0.4) is 0 Å². The van der Waals surface area contributed by atoms with Crippen molar-refractivity contribution in [3.8, 4) is 5.75 Å². The van der Waals surface area contributed by atoms with Crippen LogP contribution in [0.1, 0.15) is 43.9 Å². The fourth-order valence-corrected chi connectivity index (χ4v) is 4.14. The van der Waals surface area contributed by atoms with E-state index in [1.165, 1.54) is 0 Å². The Morgan fingerprint density at radius 1 is 1.09 bits per heavy atom. The molecule has 3 rings (SSSR count). The number of methoxy groups -OCH3 is 1. The summed E-state index contributed by atoms with van der Waals surface area (Å²) in [5.74, 6) is 0.418. The lowest BCUT2D eigenvalue weighted by molar-refractivity contribution is -0.120. The molecular formula is C24H29N3O5S. The van der Waals surface area contributed by atoms with Gasteiger partial charge in [-0.1, -0.05) is 45.1 Å². The number of sulfonamides is 1. The molecule has 0 aromatic heterocycles. The van der Waals surface area contributed by atoms with E-state index >= 15 is 0 Å².